The van der Waals surface area contributed by atoms with Gasteiger partial charge >= 0.3 is 69.0 Å². The van der Waals surface area contributed by atoms with Crippen LogP contribution in [0.5, 0.6) is 0 Å². The quantitative estimate of drug-likeness (QED) is 0.0240. The van der Waals surface area contributed by atoms with Gasteiger partial charge in [0.1, 0.15) is 6.61 Å². The van der Waals surface area contributed by atoms with E-state index in [0.717, 1.165) is 39.4 Å². The van der Waals surface area contributed by atoms with Crippen molar-refractivity contribution in [3.05, 3.63) is 0 Å². The number of aliphatic imine (C=N–C) groups is 1. The number of nitrogens with one attached hydrogen (secondary N) is 6. The Hall–Kier alpha value is -2.71. The van der Waals surface area contributed by atoms with E-state index in [1.807, 2.05) is 69.1 Å². The maximum absolute atomic E-state index is 9.96. The first kappa shape index (κ1) is 91.6. The van der Waals surface area contributed by atoms with Crippen molar-refractivity contribution in [2.45, 2.75) is 127 Å². The molecule has 1 saturated heterocycles. The van der Waals surface area contributed by atoms with E-state index in [1.54, 1.807) is 89.7 Å². The van der Waals surface area contributed by atoms with Crippen LogP contribution in [0.25, 0.3) is 0 Å². The number of carbonyl (C=O) groups excluding carboxylic acids is 5. The van der Waals surface area contributed by atoms with Crippen molar-refractivity contribution in [2.24, 2.45) is 15.2 Å². The Labute approximate surface area is 438 Å². The Bertz CT molecular complexity index is 1050. The standard InChI is InChI=1S/C5H11BO2.C4H10N2.C4H9NO.C4H9N.C4H6O3.C4H10O2.C3H8N2O.C3H8N2S.C3H7NO.C3H6O2.C2H6S2.C2H6Se2/c1-4-5(2)8-6(3)7-4;2*1-3-5-6-4-2;1-3-5-4-2;1-3(5)7-4(2)6;1-4(5-2)6-3;2*1-4-3(6)5-2;1-3(5)4-2;1-3(4)5-2;2*1-3-4-2/h4-5H,1-3H3;3,6H,4H2,1-2H3;3H,4H2,1-2H3;3H,4H2,1-2H3;1-2H3;4H,1-3H3;2*1-2H3,(H2,4,5,6);1-2H3,(H,4,5);1-2H3;2*1-2H3/b;2*5-3+;;;;;;;;;/t4-,5+;;;;;;;;;;;. The molecule has 0 spiro atoms. The van der Waals surface area contributed by atoms with E-state index >= 15 is 0 Å². The summed E-state index contributed by atoms with van der Waals surface area (Å²) in [5.41, 5.74) is 2.77. The van der Waals surface area contributed by atoms with Gasteiger partial charge in [-0.05, 0) is 100 Å². The summed E-state index contributed by atoms with van der Waals surface area (Å²) in [5, 5.41) is 20.4. The summed E-state index contributed by atoms with van der Waals surface area (Å²) in [7, 11) is 16.4. The van der Waals surface area contributed by atoms with Crippen molar-refractivity contribution in [3.8, 4) is 0 Å². The van der Waals surface area contributed by atoms with Gasteiger partial charge in [-0.25, -0.2) is 4.79 Å². The molecule has 0 unspecified atom stereocenters. The van der Waals surface area contributed by atoms with Gasteiger partial charge in [0, 0.05) is 103 Å². The Balaban J connectivity index is -0.0000000582. The molecule has 21 nitrogen and oxygen atoms in total. The third kappa shape index (κ3) is 159. The number of hydrogen-bond donors (Lipinski definition) is 6. The SMILES string of the molecule is C/C=N/NCC.C/C=N/OCC.CB1O[C@@H](C)[C@@H](C)O1.CC(=O)OC(C)=O.CC=NCC.CNC(=O)NC.CNC(=S)NC.CNC(C)=O.COC(C)=O.COC(C)OC.CSSC.C[Se][Se]C. The molecular formula is C41H96BN9O12S3Se2. The van der Waals surface area contributed by atoms with Gasteiger partial charge in [0.05, 0.1) is 19.3 Å². The number of urea groups is 1. The third-order valence-corrected chi connectivity index (χ3v) is 11.4. The number of hydrogen-bond acceptors (Lipinski definition) is 19. The summed E-state index contributed by atoms with van der Waals surface area (Å²) in [4.78, 5) is 57.3. The van der Waals surface area contributed by atoms with Crippen LogP contribution in [-0.2, 0) is 52.3 Å². The number of esters is 3. The van der Waals surface area contributed by atoms with E-state index in [2.05, 4.69) is 107 Å². The predicted octanol–water partition coefficient (Wildman–Crippen LogP) is 5.60. The molecule has 0 aromatic heterocycles. The molecular weight excluding hydrogens is 1080 g/mol. The number of carbonyl (C=O) groups is 5. The van der Waals surface area contributed by atoms with Crippen LogP contribution in [0.2, 0.25) is 18.5 Å². The minimum atomic E-state index is -0.562. The van der Waals surface area contributed by atoms with Crippen molar-refractivity contribution in [1.82, 2.24) is 32.0 Å². The van der Waals surface area contributed by atoms with Crippen LogP contribution >= 0.6 is 33.8 Å². The second-order valence-electron chi connectivity index (χ2n) is 10.6. The van der Waals surface area contributed by atoms with E-state index in [9.17, 15) is 24.0 Å². The Kier molecular flexibility index (Phi) is 122. The Morgan fingerprint density at radius 3 is 1.16 bits per heavy atom. The molecule has 0 bridgehead atoms. The molecule has 2 atom stereocenters. The predicted molar refractivity (Wildman–Crippen MR) is 299 cm³/mol. The summed E-state index contributed by atoms with van der Waals surface area (Å²) in [5.74, 6) is 3.18. The second-order valence-corrected chi connectivity index (χ2v) is 22.4. The Morgan fingerprint density at radius 2 is 1.12 bits per heavy atom. The fraction of sp³-hybridized carbons (Fsp3) is 0.780. The van der Waals surface area contributed by atoms with Gasteiger partial charge in [0.2, 0.25) is 5.91 Å². The summed E-state index contributed by atoms with van der Waals surface area (Å²) < 4.78 is 27.9. The van der Waals surface area contributed by atoms with E-state index in [-0.39, 0.29) is 43.5 Å². The molecule has 1 rings (SSSR count). The average Bonchev–Trinajstić information content (AvgIpc) is 3.63. The zero-order valence-electron chi connectivity index (χ0n) is 46.4. The normalized spacial score (nSPS) is 11.8. The first-order chi connectivity index (χ1) is 31.9. The zero-order valence-corrected chi connectivity index (χ0v) is 52.3. The molecule has 0 radical (unpaired) electrons. The number of thiocarbonyl (C=S) groups is 1. The van der Waals surface area contributed by atoms with Crippen LogP contribution in [0, 0.1) is 0 Å². The molecule has 27 heteroatoms. The summed E-state index contributed by atoms with van der Waals surface area (Å²) in [6, 6.07) is -0.157. The summed E-state index contributed by atoms with van der Waals surface area (Å²) in [6.07, 6.45) is 9.74. The van der Waals surface area contributed by atoms with Crippen LogP contribution in [0.15, 0.2) is 15.2 Å². The van der Waals surface area contributed by atoms with Gasteiger partial charge in [-0.15, -0.1) is 0 Å². The molecule has 410 valence electrons. The average molecular weight is 1170 g/mol. The van der Waals surface area contributed by atoms with Crippen LogP contribution in [0.1, 0.15) is 90.0 Å². The summed E-state index contributed by atoms with van der Waals surface area (Å²) >= 11 is 6.59. The van der Waals surface area contributed by atoms with Gasteiger partial charge in [-0.2, -0.15) is 5.10 Å². The van der Waals surface area contributed by atoms with Crippen LogP contribution in [0.4, 0.5) is 4.79 Å². The van der Waals surface area contributed by atoms with E-state index in [4.69, 9.17) is 9.31 Å². The second kappa shape index (κ2) is 90.7. The van der Waals surface area contributed by atoms with Crippen molar-refractivity contribution in [3.63, 3.8) is 0 Å². The molecule has 68 heavy (non-hydrogen) atoms. The number of hydrazone groups is 1. The molecule has 1 fully saturated rings. The van der Waals surface area contributed by atoms with E-state index in [1.165, 1.54) is 34.8 Å². The fourth-order valence-corrected chi connectivity index (χ4v) is 1.92. The Morgan fingerprint density at radius 1 is 0.735 bits per heavy atom. The van der Waals surface area contributed by atoms with Crippen molar-refractivity contribution in [2.75, 3.05) is 88.8 Å². The van der Waals surface area contributed by atoms with Crippen molar-refractivity contribution >= 4 is 121 Å². The molecule has 1 aliphatic rings. The minimum absolute atomic E-state index is 0.000000000000000222. The van der Waals surface area contributed by atoms with Crippen molar-refractivity contribution in [1.29, 1.82) is 0 Å². The van der Waals surface area contributed by atoms with E-state index in [0.29, 0.717) is 11.7 Å². The maximum atomic E-state index is 9.96. The molecule has 1 aliphatic heterocycles. The molecule has 0 saturated carbocycles. The van der Waals surface area contributed by atoms with Crippen LogP contribution in [0.3, 0.4) is 0 Å². The number of ether oxygens (including phenoxy) is 4. The molecule has 6 N–H and O–H groups in total. The van der Waals surface area contributed by atoms with Gasteiger partial charge in [-0.3, -0.25) is 24.2 Å². The third-order valence-electron chi connectivity index (χ3n) is 5.36. The van der Waals surface area contributed by atoms with E-state index < -0.39 is 11.9 Å². The zero-order chi connectivity index (χ0) is 56.2. The molecule has 3 amide bonds. The van der Waals surface area contributed by atoms with Crippen molar-refractivity contribution < 1.29 is 57.1 Å². The first-order valence-corrected chi connectivity index (χ1v) is 32.0. The molecule has 0 aromatic rings. The van der Waals surface area contributed by atoms with Gasteiger partial charge < -0.3 is 65.1 Å². The topological polar surface area (TPSA) is 259 Å². The number of methoxy groups -OCH3 is 3. The number of rotatable bonds is 9. The van der Waals surface area contributed by atoms with Gasteiger partial charge in [-0.1, -0.05) is 26.7 Å². The fourth-order valence-electron chi connectivity index (χ4n) is 1.92. The first-order valence-electron chi connectivity index (χ1n) is 20.8. The number of amides is 3. The van der Waals surface area contributed by atoms with Gasteiger partial charge in [0.15, 0.2) is 11.4 Å². The number of oxime groups is 1. The summed E-state index contributed by atoms with van der Waals surface area (Å²) in [6.45, 7) is 27.0. The van der Waals surface area contributed by atoms with Crippen LogP contribution in [-0.4, -0.2) is 194 Å². The molecule has 1 heterocycles. The van der Waals surface area contributed by atoms with Crippen LogP contribution < -0.4 is 32.0 Å². The van der Waals surface area contributed by atoms with Gasteiger partial charge in [0.25, 0.3) is 0 Å². The number of nitrogens with zero attached hydrogens (tertiary/aromatic N) is 3. The monoisotopic (exact) mass is 1170 g/mol. The molecule has 0 aromatic carbocycles. The molecule has 0 aliphatic carbocycles.